The fourth-order valence-electron chi connectivity index (χ4n) is 2.94. The molecule has 1 aliphatic heterocycles. The average Bonchev–Trinajstić information content (AvgIpc) is 2.72. The highest BCUT2D eigenvalue weighted by atomic mass is 35.5. The van der Waals surface area contributed by atoms with Gasteiger partial charge in [0, 0.05) is 29.4 Å². The van der Waals surface area contributed by atoms with Crippen LogP contribution in [0.3, 0.4) is 0 Å². The van der Waals surface area contributed by atoms with Crippen LogP contribution in [0.25, 0.3) is 0 Å². The van der Waals surface area contributed by atoms with E-state index in [-0.39, 0.29) is 5.75 Å². The summed E-state index contributed by atoms with van der Waals surface area (Å²) in [5, 5.41) is 3.86. The highest BCUT2D eigenvalue weighted by Crippen LogP contribution is 2.34. The van der Waals surface area contributed by atoms with E-state index in [1.807, 2.05) is 67.7 Å². The van der Waals surface area contributed by atoms with E-state index in [0.29, 0.717) is 17.2 Å². The fraction of sp³-hybridized carbons (Fsp3) is 0.238. The first-order chi connectivity index (χ1) is 13.4. The molecule has 0 unspecified atom stereocenters. The molecule has 2 aromatic carbocycles. The molecule has 7 heteroatoms. The molecule has 0 bridgehead atoms. The highest BCUT2D eigenvalue weighted by Gasteiger charge is 2.30. The predicted octanol–water partition coefficient (Wildman–Crippen LogP) is 4.33. The summed E-state index contributed by atoms with van der Waals surface area (Å²) >= 11 is 6.50. The summed E-state index contributed by atoms with van der Waals surface area (Å²) in [6.45, 7) is 1.62. The molecule has 0 aliphatic carbocycles. The Hall–Kier alpha value is -2.28. The van der Waals surface area contributed by atoms with Gasteiger partial charge in [-0.3, -0.25) is 4.31 Å². The Kier molecular flexibility index (Phi) is 6.13. The number of benzene rings is 2. The minimum Gasteiger partial charge on any atom is -0.457 e. The van der Waals surface area contributed by atoms with Crippen LogP contribution in [0, 0.1) is 0 Å². The van der Waals surface area contributed by atoms with Gasteiger partial charge in [-0.15, -0.1) is 0 Å². The predicted molar refractivity (Wildman–Crippen MR) is 113 cm³/mol. The SMILES string of the molecule is CCS(=O)(=O)N1C=CC(Cc2c(Cl)cccc2Oc2ccccc2)(NC)C=C1. The molecule has 1 heterocycles. The maximum atomic E-state index is 12.1. The highest BCUT2D eigenvalue weighted by molar-refractivity contribution is 7.89. The number of rotatable bonds is 7. The third-order valence-corrected chi connectivity index (χ3v) is 6.67. The molecule has 0 amide bonds. The smallest absolute Gasteiger partial charge is 0.238 e. The van der Waals surface area contributed by atoms with Crippen LogP contribution in [0.15, 0.2) is 73.1 Å². The first-order valence-electron chi connectivity index (χ1n) is 8.98. The maximum absolute atomic E-state index is 12.1. The van der Waals surface area contributed by atoms with E-state index in [9.17, 15) is 8.42 Å². The number of nitrogens with one attached hydrogen (secondary N) is 1. The van der Waals surface area contributed by atoms with Gasteiger partial charge in [0.25, 0.3) is 0 Å². The molecule has 0 aromatic heterocycles. The first-order valence-corrected chi connectivity index (χ1v) is 11.0. The van der Waals surface area contributed by atoms with E-state index in [4.69, 9.17) is 16.3 Å². The normalized spacial score (nSPS) is 15.6. The van der Waals surface area contributed by atoms with Gasteiger partial charge in [-0.05, 0) is 50.4 Å². The van der Waals surface area contributed by atoms with Gasteiger partial charge in [0.15, 0.2) is 0 Å². The molecule has 0 atom stereocenters. The van der Waals surface area contributed by atoms with Gasteiger partial charge in [0.05, 0.1) is 11.3 Å². The number of sulfonamides is 1. The van der Waals surface area contributed by atoms with Gasteiger partial charge in [-0.1, -0.05) is 35.9 Å². The Morgan fingerprint density at radius 2 is 1.75 bits per heavy atom. The summed E-state index contributed by atoms with van der Waals surface area (Å²) in [5.74, 6) is 1.42. The Morgan fingerprint density at radius 1 is 1.07 bits per heavy atom. The Bertz CT molecular complexity index is 974. The number of hydrogen-bond donors (Lipinski definition) is 1. The van der Waals surface area contributed by atoms with E-state index in [2.05, 4.69) is 5.32 Å². The van der Waals surface area contributed by atoms with E-state index < -0.39 is 15.6 Å². The largest absolute Gasteiger partial charge is 0.457 e. The summed E-state index contributed by atoms with van der Waals surface area (Å²) in [6.07, 6.45) is 7.30. The lowest BCUT2D eigenvalue weighted by molar-refractivity contribution is 0.457. The molecule has 0 saturated heterocycles. The monoisotopic (exact) mass is 418 g/mol. The molecule has 1 aliphatic rings. The van der Waals surface area contributed by atoms with Gasteiger partial charge in [-0.25, -0.2) is 8.42 Å². The summed E-state index contributed by atoms with van der Waals surface area (Å²) < 4.78 is 31.5. The molecule has 2 aromatic rings. The van der Waals surface area contributed by atoms with E-state index in [1.54, 1.807) is 19.3 Å². The standard InChI is InChI=1S/C21H23ClN2O3S/c1-3-28(25,26)24-14-12-21(23-2,13-15-24)16-18-19(22)10-7-11-20(18)27-17-8-5-4-6-9-17/h4-15,23H,3,16H2,1-2H3. The Morgan fingerprint density at radius 3 is 2.36 bits per heavy atom. The number of hydrogen-bond acceptors (Lipinski definition) is 4. The lowest BCUT2D eigenvalue weighted by atomic mass is 9.89. The molecule has 0 fully saturated rings. The van der Waals surface area contributed by atoms with Gasteiger partial charge >= 0.3 is 0 Å². The minimum absolute atomic E-state index is 0.0355. The third-order valence-electron chi connectivity index (χ3n) is 4.71. The fourth-order valence-corrected chi connectivity index (χ4v) is 3.96. The van der Waals surface area contributed by atoms with Gasteiger partial charge in [-0.2, -0.15) is 0 Å². The van der Waals surface area contributed by atoms with Crippen molar-refractivity contribution in [2.24, 2.45) is 0 Å². The van der Waals surface area contributed by atoms with Crippen molar-refractivity contribution in [1.29, 1.82) is 0 Å². The molecule has 0 spiro atoms. The van der Waals surface area contributed by atoms with Crippen molar-refractivity contribution < 1.29 is 13.2 Å². The Balaban J connectivity index is 1.90. The van der Waals surface area contributed by atoms with Crippen LogP contribution < -0.4 is 10.1 Å². The quantitative estimate of drug-likeness (QED) is 0.727. The molecular formula is C21H23ClN2O3S. The molecule has 0 saturated carbocycles. The van der Waals surface area contributed by atoms with Crippen molar-refractivity contribution >= 4 is 21.6 Å². The van der Waals surface area contributed by atoms with Crippen molar-refractivity contribution in [3.05, 3.63) is 83.7 Å². The zero-order valence-electron chi connectivity index (χ0n) is 15.8. The van der Waals surface area contributed by atoms with Crippen LogP contribution >= 0.6 is 11.6 Å². The molecular weight excluding hydrogens is 396 g/mol. The van der Waals surface area contributed by atoms with Crippen molar-refractivity contribution in [3.63, 3.8) is 0 Å². The summed E-state index contributed by atoms with van der Waals surface area (Å²) in [7, 11) is -1.50. The van der Waals surface area contributed by atoms with Crippen molar-refractivity contribution in [2.75, 3.05) is 12.8 Å². The second kappa shape index (κ2) is 8.39. The number of nitrogens with zero attached hydrogens (tertiary/aromatic N) is 1. The molecule has 148 valence electrons. The van der Waals surface area contributed by atoms with Gasteiger partial charge in [0.2, 0.25) is 10.0 Å². The maximum Gasteiger partial charge on any atom is 0.238 e. The lowest BCUT2D eigenvalue weighted by Crippen LogP contribution is -2.44. The molecule has 1 N–H and O–H groups in total. The number of likely N-dealkylation sites (N-methyl/N-ethyl adjacent to an activating group) is 1. The average molecular weight is 419 g/mol. The summed E-state index contributed by atoms with van der Waals surface area (Å²) in [4.78, 5) is 0. The van der Waals surface area contributed by atoms with Gasteiger partial charge < -0.3 is 10.1 Å². The first kappa shape index (κ1) is 20.5. The van der Waals surface area contributed by atoms with Crippen LogP contribution in [0.4, 0.5) is 0 Å². The molecule has 5 nitrogen and oxygen atoms in total. The van der Waals surface area contributed by atoms with Crippen molar-refractivity contribution in [3.8, 4) is 11.5 Å². The van der Waals surface area contributed by atoms with Crippen LogP contribution in [0.2, 0.25) is 5.02 Å². The van der Waals surface area contributed by atoms with Crippen LogP contribution in [0.5, 0.6) is 11.5 Å². The number of para-hydroxylation sites is 1. The topological polar surface area (TPSA) is 58.6 Å². The zero-order chi connectivity index (χ0) is 20.2. The van der Waals surface area contributed by atoms with Gasteiger partial charge in [0.1, 0.15) is 11.5 Å². The van der Waals surface area contributed by atoms with Crippen molar-refractivity contribution in [1.82, 2.24) is 9.62 Å². The van der Waals surface area contributed by atoms with E-state index in [1.165, 1.54) is 4.31 Å². The summed E-state index contributed by atoms with van der Waals surface area (Å²) in [6, 6.07) is 15.0. The third kappa shape index (κ3) is 4.41. The van der Waals surface area contributed by atoms with Crippen molar-refractivity contribution in [2.45, 2.75) is 18.9 Å². The van der Waals surface area contributed by atoms with Crippen LogP contribution in [-0.2, 0) is 16.4 Å². The Labute approximate surface area is 171 Å². The lowest BCUT2D eigenvalue weighted by Gasteiger charge is -2.32. The molecule has 28 heavy (non-hydrogen) atoms. The summed E-state index contributed by atoms with van der Waals surface area (Å²) in [5.41, 5.74) is 0.253. The molecule has 3 rings (SSSR count). The zero-order valence-corrected chi connectivity index (χ0v) is 17.4. The van der Waals surface area contributed by atoms with Crippen LogP contribution in [-0.4, -0.2) is 31.1 Å². The second-order valence-electron chi connectivity index (χ2n) is 6.46. The minimum atomic E-state index is -3.33. The number of halogens is 1. The van der Waals surface area contributed by atoms with Crippen LogP contribution in [0.1, 0.15) is 12.5 Å². The van der Waals surface area contributed by atoms with E-state index in [0.717, 1.165) is 11.3 Å². The molecule has 0 radical (unpaired) electrons. The second-order valence-corrected chi connectivity index (χ2v) is 9.03. The van der Waals surface area contributed by atoms with E-state index >= 15 is 0 Å². The number of ether oxygens (including phenoxy) is 1.